The van der Waals surface area contributed by atoms with Gasteiger partial charge in [-0.2, -0.15) is 0 Å². The van der Waals surface area contributed by atoms with E-state index in [0.717, 1.165) is 37.5 Å². The maximum atomic E-state index is 13.6. The van der Waals surface area contributed by atoms with Crippen LogP contribution >= 0.6 is 34.8 Å². The van der Waals surface area contributed by atoms with Crippen LogP contribution in [0, 0.1) is 0 Å². The van der Waals surface area contributed by atoms with Crippen molar-refractivity contribution in [3.05, 3.63) is 63.1 Å². The van der Waals surface area contributed by atoms with Crippen LogP contribution in [0.3, 0.4) is 0 Å². The Morgan fingerprint density at radius 3 is 2.26 bits per heavy atom. The van der Waals surface area contributed by atoms with Crippen molar-refractivity contribution in [3.8, 4) is 0 Å². The molecule has 208 valence electrons. The molecule has 1 aliphatic carbocycles. The molecule has 1 N–H and O–H groups in total. The minimum atomic E-state index is -3.58. The normalized spacial score (nSPS) is 14.8. The van der Waals surface area contributed by atoms with Gasteiger partial charge >= 0.3 is 0 Å². The van der Waals surface area contributed by atoms with Gasteiger partial charge in [0, 0.05) is 30.6 Å². The topological polar surface area (TPSA) is 86.8 Å². The zero-order valence-corrected chi connectivity index (χ0v) is 24.7. The Balaban J connectivity index is 1.77. The minimum Gasteiger partial charge on any atom is -0.352 e. The summed E-state index contributed by atoms with van der Waals surface area (Å²) in [7, 11) is -3.58. The molecule has 0 saturated heterocycles. The van der Waals surface area contributed by atoms with Crippen LogP contribution in [0.1, 0.15) is 57.4 Å². The van der Waals surface area contributed by atoms with Crippen molar-refractivity contribution < 1.29 is 18.0 Å². The van der Waals surface area contributed by atoms with Crippen LogP contribution in [0.5, 0.6) is 0 Å². The fourth-order valence-corrected chi connectivity index (χ4v) is 6.15. The number of amides is 2. The molecule has 3 rings (SSSR count). The van der Waals surface area contributed by atoms with Gasteiger partial charge in [0.2, 0.25) is 21.8 Å². The quantitative estimate of drug-likeness (QED) is 0.320. The van der Waals surface area contributed by atoms with Crippen LogP contribution in [0.15, 0.2) is 42.5 Å². The van der Waals surface area contributed by atoms with Crippen molar-refractivity contribution in [2.24, 2.45) is 0 Å². The summed E-state index contributed by atoms with van der Waals surface area (Å²) in [4.78, 5) is 28.4. The van der Waals surface area contributed by atoms with Gasteiger partial charge in [0.1, 0.15) is 6.04 Å². The van der Waals surface area contributed by atoms with Gasteiger partial charge in [-0.3, -0.25) is 13.9 Å². The summed E-state index contributed by atoms with van der Waals surface area (Å²) in [6.45, 7) is 2.16. The molecule has 1 unspecified atom stereocenters. The van der Waals surface area contributed by atoms with Gasteiger partial charge in [0.05, 0.1) is 22.0 Å². The maximum Gasteiger partial charge on any atom is 0.243 e. The Labute approximate surface area is 240 Å². The van der Waals surface area contributed by atoms with E-state index in [4.69, 9.17) is 34.8 Å². The van der Waals surface area contributed by atoms with Crippen molar-refractivity contribution >= 4 is 62.3 Å². The molecular formula is C27H34Cl3N3O4S. The summed E-state index contributed by atoms with van der Waals surface area (Å²) in [5, 5.41) is 4.38. The SMILES string of the molecule is CCC(C(=O)NC1CCCC1)N(Cc1ccc(Cl)c(Cl)c1)C(=O)CCCN(c1ccc(Cl)cc1)S(C)(=O)=O. The summed E-state index contributed by atoms with van der Waals surface area (Å²) in [6, 6.07) is 11.1. The van der Waals surface area contributed by atoms with Crippen LogP contribution in [-0.2, 0) is 26.2 Å². The lowest BCUT2D eigenvalue weighted by atomic mass is 10.1. The van der Waals surface area contributed by atoms with Crippen molar-refractivity contribution in [1.29, 1.82) is 0 Å². The first-order valence-electron chi connectivity index (χ1n) is 12.8. The number of halogens is 3. The molecule has 1 saturated carbocycles. The van der Waals surface area contributed by atoms with Gasteiger partial charge in [-0.25, -0.2) is 8.42 Å². The van der Waals surface area contributed by atoms with Crippen molar-refractivity contribution in [3.63, 3.8) is 0 Å². The second-order valence-electron chi connectivity index (χ2n) is 9.60. The number of benzene rings is 2. The highest BCUT2D eigenvalue weighted by molar-refractivity contribution is 7.92. The summed E-state index contributed by atoms with van der Waals surface area (Å²) in [5.41, 5.74) is 1.22. The van der Waals surface area contributed by atoms with E-state index in [9.17, 15) is 18.0 Å². The number of sulfonamides is 1. The Morgan fingerprint density at radius 1 is 1.03 bits per heavy atom. The van der Waals surface area contributed by atoms with Crippen LogP contribution < -0.4 is 9.62 Å². The van der Waals surface area contributed by atoms with Crippen LogP contribution in [0.2, 0.25) is 15.1 Å². The summed E-state index contributed by atoms with van der Waals surface area (Å²) in [5.74, 6) is -0.416. The highest BCUT2D eigenvalue weighted by atomic mass is 35.5. The van der Waals surface area contributed by atoms with E-state index >= 15 is 0 Å². The molecule has 0 spiro atoms. The minimum absolute atomic E-state index is 0.0636. The average molecular weight is 603 g/mol. The third-order valence-corrected chi connectivity index (χ3v) is 8.88. The molecular weight excluding hydrogens is 569 g/mol. The third kappa shape index (κ3) is 8.50. The smallest absolute Gasteiger partial charge is 0.243 e. The number of carbonyl (C=O) groups excluding carboxylic acids is 2. The summed E-state index contributed by atoms with van der Waals surface area (Å²) >= 11 is 18.2. The lowest BCUT2D eigenvalue weighted by Crippen LogP contribution is -2.51. The zero-order chi connectivity index (χ0) is 27.9. The second kappa shape index (κ2) is 13.9. The molecule has 7 nitrogen and oxygen atoms in total. The standard InChI is InChI=1S/C27H34Cl3N3O4S/c1-3-25(27(35)31-21-7-4-5-8-21)32(18-19-10-15-23(29)24(30)17-19)26(34)9-6-16-33(38(2,36)37)22-13-11-20(28)12-14-22/h10-15,17,21,25H,3-9,16,18H2,1-2H3,(H,31,35). The molecule has 38 heavy (non-hydrogen) atoms. The van der Waals surface area contributed by atoms with Gasteiger partial charge in [0.25, 0.3) is 0 Å². The van der Waals surface area contributed by atoms with Gasteiger partial charge in [-0.1, -0.05) is 60.6 Å². The maximum absolute atomic E-state index is 13.6. The zero-order valence-electron chi connectivity index (χ0n) is 21.6. The molecule has 0 heterocycles. The van der Waals surface area contributed by atoms with E-state index in [1.165, 1.54) is 4.31 Å². The van der Waals surface area contributed by atoms with Crippen LogP contribution in [0.25, 0.3) is 0 Å². The molecule has 2 aromatic carbocycles. The number of nitrogens with zero attached hydrogens (tertiary/aromatic N) is 2. The first-order chi connectivity index (χ1) is 18.0. The Hall–Kier alpha value is -2.00. The Morgan fingerprint density at radius 2 is 1.68 bits per heavy atom. The monoisotopic (exact) mass is 601 g/mol. The van der Waals surface area contributed by atoms with Crippen molar-refractivity contribution in [2.75, 3.05) is 17.1 Å². The molecule has 1 aliphatic rings. The van der Waals surface area contributed by atoms with E-state index in [2.05, 4.69) is 5.32 Å². The van der Waals surface area contributed by atoms with Gasteiger partial charge in [-0.15, -0.1) is 0 Å². The predicted octanol–water partition coefficient (Wildman–Crippen LogP) is 6.06. The number of hydrogen-bond donors (Lipinski definition) is 1. The number of hydrogen-bond acceptors (Lipinski definition) is 4. The van der Waals surface area contributed by atoms with Crippen LogP contribution in [-0.4, -0.2) is 50.0 Å². The first kappa shape index (κ1) is 30.5. The second-order valence-corrected chi connectivity index (χ2v) is 12.8. The van der Waals surface area contributed by atoms with Gasteiger partial charge in [-0.05, 0) is 67.6 Å². The number of anilines is 1. The lowest BCUT2D eigenvalue weighted by molar-refractivity contribution is -0.141. The molecule has 0 bridgehead atoms. The molecule has 0 radical (unpaired) electrons. The first-order valence-corrected chi connectivity index (χ1v) is 15.7. The predicted molar refractivity (Wildman–Crippen MR) is 154 cm³/mol. The third-order valence-electron chi connectivity index (χ3n) is 6.69. The molecule has 0 aromatic heterocycles. The number of rotatable bonds is 12. The van der Waals surface area contributed by atoms with E-state index in [1.54, 1.807) is 47.4 Å². The largest absolute Gasteiger partial charge is 0.352 e. The molecule has 2 aromatic rings. The van der Waals surface area contributed by atoms with E-state index < -0.39 is 16.1 Å². The Bertz CT molecular complexity index is 1220. The van der Waals surface area contributed by atoms with Crippen molar-refractivity contribution in [2.45, 2.75) is 70.5 Å². The molecule has 11 heteroatoms. The number of nitrogens with one attached hydrogen (secondary N) is 1. The van der Waals surface area contributed by atoms with Crippen LogP contribution in [0.4, 0.5) is 5.69 Å². The van der Waals surface area contributed by atoms with E-state index in [1.807, 2.05) is 6.92 Å². The number of carbonyl (C=O) groups is 2. The average Bonchev–Trinajstić information content (AvgIpc) is 3.37. The summed E-state index contributed by atoms with van der Waals surface area (Å²) in [6.07, 6.45) is 5.94. The van der Waals surface area contributed by atoms with Gasteiger partial charge in [0.15, 0.2) is 0 Å². The highest BCUT2D eigenvalue weighted by Crippen LogP contribution is 2.26. The molecule has 1 fully saturated rings. The lowest BCUT2D eigenvalue weighted by Gasteiger charge is -2.32. The molecule has 2 amide bonds. The van der Waals surface area contributed by atoms with Gasteiger partial charge < -0.3 is 10.2 Å². The van der Waals surface area contributed by atoms with E-state index in [0.29, 0.717) is 27.2 Å². The highest BCUT2D eigenvalue weighted by Gasteiger charge is 2.31. The van der Waals surface area contributed by atoms with Crippen molar-refractivity contribution in [1.82, 2.24) is 10.2 Å². The van der Waals surface area contributed by atoms with E-state index in [-0.39, 0.29) is 43.8 Å². The Kier molecular flexibility index (Phi) is 11.2. The molecule has 0 aliphatic heterocycles. The fraction of sp³-hybridized carbons (Fsp3) is 0.481. The fourth-order valence-electron chi connectivity index (χ4n) is 4.73. The molecule has 1 atom stereocenters. The summed E-state index contributed by atoms with van der Waals surface area (Å²) < 4.78 is 26.2.